The van der Waals surface area contributed by atoms with Crippen molar-refractivity contribution in [3.05, 3.63) is 65.7 Å². The Kier molecular flexibility index (Phi) is 9.65. The first-order valence-corrected chi connectivity index (χ1v) is 9.87. The van der Waals surface area contributed by atoms with Gasteiger partial charge in [-0.3, -0.25) is 0 Å². The highest BCUT2D eigenvalue weighted by Crippen LogP contribution is 2.24. The Hall–Kier alpha value is -1.58. The number of hydrogen-bond acceptors (Lipinski definition) is 2. The number of benzene rings is 2. The van der Waals surface area contributed by atoms with Crippen molar-refractivity contribution in [3.8, 4) is 5.75 Å². The molecule has 1 aliphatic rings. The zero-order chi connectivity index (χ0) is 18.0. The normalized spacial score (nSPS) is 15.3. The topological polar surface area (TPSA) is 12.5 Å². The Labute approximate surface area is 169 Å². The van der Waals surface area contributed by atoms with E-state index >= 15 is 0 Å². The van der Waals surface area contributed by atoms with Crippen LogP contribution in [0.1, 0.15) is 30.4 Å². The molecule has 0 atom stereocenters. The highest BCUT2D eigenvalue weighted by molar-refractivity contribution is 5.85. The maximum absolute atomic E-state index is 12.2. The molecule has 0 N–H and O–H groups in total. The summed E-state index contributed by atoms with van der Waals surface area (Å²) in [7, 11) is 0. The Balaban J connectivity index is 0.00000261. The lowest BCUT2D eigenvalue weighted by atomic mass is 9.90. The van der Waals surface area contributed by atoms with Crippen molar-refractivity contribution < 1.29 is 9.13 Å². The fraction of sp³-hybridized carbons (Fsp3) is 0.478. The zero-order valence-electron chi connectivity index (χ0n) is 16.0. The molecule has 1 aliphatic heterocycles. The second kappa shape index (κ2) is 12.0. The summed E-state index contributed by atoms with van der Waals surface area (Å²) in [6, 6.07) is 18.9. The third-order valence-electron chi connectivity index (χ3n) is 5.35. The van der Waals surface area contributed by atoms with E-state index in [4.69, 9.17) is 4.74 Å². The van der Waals surface area contributed by atoms with Gasteiger partial charge in [-0.15, -0.1) is 12.4 Å². The van der Waals surface area contributed by atoms with Gasteiger partial charge < -0.3 is 9.64 Å². The zero-order valence-corrected chi connectivity index (χ0v) is 16.8. The van der Waals surface area contributed by atoms with Gasteiger partial charge in [0, 0.05) is 6.54 Å². The van der Waals surface area contributed by atoms with E-state index in [-0.39, 0.29) is 19.0 Å². The molecular weight excluding hydrogens is 361 g/mol. The summed E-state index contributed by atoms with van der Waals surface area (Å²) in [4.78, 5) is 2.61. The van der Waals surface area contributed by atoms with Crippen LogP contribution in [0.3, 0.4) is 0 Å². The van der Waals surface area contributed by atoms with Gasteiger partial charge in [0.05, 0.1) is 0 Å². The van der Waals surface area contributed by atoms with E-state index < -0.39 is 6.67 Å². The molecule has 0 aromatic heterocycles. The van der Waals surface area contributed by atoms with Crippen LogP contribution in [-0.4, -0.2) is 37.8 Å². The standard InChI is InChI=1S/C23H30FNO.ClH/c24-14-18-26-23-8-4-7-22(19-23)10-9-21-12-16-25(17-13-21)15-11-20-5-2-1-3-6-20;/h1-8,19,21H,9-18H2;1H. The van der Waals surface area contributed by atoms with Gasteiger partial charge in [-0.05, 0) is 74.4 Å². The first kappa shape index (κ1) is 21.7. The van der Waals surface area contributed by atoms with E-state index in [0.717, 1.165) is 24.5 Å². The molecule has 1 saturated heterocycles. The molecule has 0 radical (unpaired) electrons. The van der Waals surface area contributed by atoms with Crippen LogP contribution in [0.25, 0.3) is 0 Å². The summed E-state index contributed by atoms with van der Waals surface area (Å²) in [6.07, 6.45) is 6.07. The molecule has 27 heavy (non-hydrogen) atoms. The minimum absolute atomic E-state index is 0. The molecule has 1 fully saturated rings. The fourth-order valence-electron chi connectivity index (χ4n) is 3.75. The summed E-state index contributed by atoms with van der Waals surface area (Å²) in [5, 5.41) is 0. The van der Waals surface area contributed by atoms with Crippen LogP contribution in [0.2, 0.25) is 0 Å². The van der Waals surface area contributed by atoms with E-state index in [1.807, 2.05) is 12.1 Å². The van der Waals surface area contributed by atoms with Crippen molar-refractivity contribution in [1.82, 2.24) is 4.90 Å². The van der Waals surface area contributed by atoms with Crippen molar-refractivity contribution in [3.63, 3.8) is 0 Å². The van der Waals surface area contributed by atoms with Crippen LogP contribution in [0, 0.1) is 5.92 Å². The van der Waals surface area contributed by atoms with Crippen molar-refractivity contribution in [2.75, 3.05) is 32.9 Å². The molecule has 0 spiro atoms. The Morgan fingerprint density at radius 2 is 1.67 bits per heavy atom. The van der Waals surface area contributed by atoms with E-state index in [1.165, 1.54) is 50.0 Å². The SMILES string of the molecule is Cl.FCCOc1cccc(CCC2CCN(CCc3ccccc3)CC2)c1. The van der Waals surface area contributed by atoms with Gasteiger partial charge in [0.2, 0.25) is 0 Å². The first-order valence-electron chi connectivity index (χ1n) is 9.87. The molecule has 2 aromatic carbocycles. The molecule has 0 amide bonds. The largest absolute Gasteiger partial charge is 0.491 e. The average Bonchev–Trinajstić information content (AvgIpc) is 2.71. The summed E-state index contributed by atoms with van der Waals surface area (Å²) < 4.78 is 17.6. The van der Waals surface area contributed by atoms with Gasteiger partial charge >= 0.3 is 0 Å². The monoisotopic (exact) mass is 391 g/mol. The second-order valence-electron chi connectivity index (χ2n) is 7.24. The molecule has 3 rings (SSSR count). The average molecular weight is 392 g/mol. The van der Waals surface area contributed by atoms with Gasteiger partial charge in [0.1, 0.15) is 19.0 Å². The predicted molar refractivity (Wildman–Crippen MR) is 113 cm³/mol. The van der Waals surface area contributed by atoms with Crippen LogP contribution in [-0.2, 0) is 12.8 Å². The van der Waals surface area contributed by atoms with Crippen molar-refractivity contribution in [2.45, 2.75) is 32.1 Å². The molecule has 1 heterocycles. The summed E-state index contributed by atoms with van der Waals surface area (Å²) in [5.74, 6) is 1.61. The third kappa shape index (κ3) is 7.51. The Morgan fingerprint density at radius 3 is 2.41 bits per heavy atom. The maximum Gasteiger partial charge on any atom is 0.123 e. The van der Waals surface area contributed by atoms with E-state index in [9.17, 15) is 4.39 Å². The summed E-state index contributed by atoms with van der Waals surface area (Å²) >= 11 is 0. The maximum atomic E-state index is 12.2. The number of hydrogen-bond donors (Lipinski definition) is 0. The lowest BCUT2D eigenvalue weighted by molar-refractivity contribution is 0.181. The van der Waals surface area contributed by atoms with Crippen LogP contribution in [0.4, 0.5) is 4.39 Å². The minimum atomic E-state index is -0.437. The number of ether oxygens (including phenoxy) is 1. The third-order valence-corrected chi connectivity index (χ3v) is 5.35. The number of likely N-dealkylation sites (tertiary alicyclic amines) is 1. The van der Waals surface area contributed by atoms with Crippen molar-refractivity contribution >= 4 is 12.4 Å². The molecule has 148 valence electrons. The van der Waals surface area contributed by atoms with Gasteiger partial charge in [0.25, 0.3) is 0 Å². The quantitative estimate of drug-likeness (QED) is 0.571. The summed E-state index contributed by atoms with van der Waals surface area (Å²) in [5.41, 5.74) is 2.73. The number of rotatable bonds is 9. The lowest BCUT2D eigenvalue weighted by Gasteiger charge is -2.32. The molecule has 0 bridgehead atoms. The smallest absolute Gasteiger partial charge is 0.123 e. The van der Waals surface area contributed by atoms with Gasteiger partial charge in [0.15, 0.2) is 0 Å². The molecule has 2 aromatic rings. The van der Waals surface area contributed by atoms with E-state index in [2.05, 4.69) is 47.4 Å². The van der Waals surface area contributed by atoms with Crippen LogP contribution < -0.4 is 4.74 Å². The van der Waals surface area contributed by atoms with Crippen LogP contribution in [0.15, 0.2) is 54.6 Å². The van der Waals surface area contributed by atoms with Crippen molar-refractivity contribution in [2.24, 2.45) is 5.92 Å². The Morgan fingerprint density at radius 1 is 0.926 bits per heavy atom. The van der Waals surface area contributed by atoms with Crippen LogP contribution >= 0.6 is 12.4 Å². The molecular formula is C23H31ClFNO. The number of nitrogens with zero attached hydrogens (tertiary/aromatic N) is 1. The fourth-order valence-corrected chi connectivity index (χ4v) is 3.75. The number of piperidine rings is 1. The molecule has 4 heteroatoms. The molecule has 0 aliphatic carbocycles. The highest BCUT2D eigenvalue weighted by atomic mass is 35.5. The Bertz CT molecular complexity index is 644. The van der Waals surface area contributed by atoms with Gasteiger partial charge in [-0.2, -0.15) is 0 Å². The summed E-state index contributed by atoms with van der Waals surface area (Å²) in [6.45, 7) is 3.32. The second-order valence-corrected chi connectivity index (χ2v) is 7.24. The van der Waals surface area contributed by atoms with Crippen LogP contribution in [0.5, 0.6) is 5.75 Å². The first-order chi connectivity index (χ1) is 12.8. The van der Waals surface area contributed by atoms with Crippen molar-refractivity contribution in [1.29, 1.82) is 0 Å². The van der Waals surface area contributed by atoms with E-state index in [1.54, 1.807) is 0 Å². The van der Waals surface area contributed by atoms with E-state index in [0.29, 0.717) is 0 Å². The molecule has 0 saturated carbocycles. The number of aryl methyl sites for hydroxylation is 1. The van der Waals surface area contributed by atoms with Gasteiger partial charge in [-0.1, -0.05) is 42.5 Å². The lowest BCUT2D eigenvalue weighted by Crippen LogP contribution is -2.35. The van der Waals surface area contributed by atoms with Gasteiger partial charge in [-0.25, -0.2) is 4.39 Å². The molecule has 0 unspecified atom stereocenters. The highest BCUT2D eigenvalue weighted by Gasteiger charge is 2.18. The minimum Gasteiger partial charge on any atom is -0.491 e. The number of halogens is 2. The number of alkyl halides is 1. The predicted octanol–water partition coefficient (Wildman–Crippen LogP) is 5.34. The molecule has 2 nitrogen and oxygen atoms in total.